The second-order valence-corrected chi connectivity index (χ2v) is 6.41. The van der Waals surface area contributed by atoms with E-state index in [4.69, 9.17) is 23.2 Å². The summed E-state index contributed by atoms with van der Waals surface area (Å²) in [6, 6.07) is 4.62. The minimum absolute atomic E-state index is 0.0536. The molecule has 3 atom stereocenters. The quantitative estimate of drug-likeness (QED) is 0.895. The third-order valence-corrected chi connectivity index (χ3v) is 4.32. The highest BCUT2D eigenvalue weighted by molar-refractivity contribution is 6.34. The average molecular weight is 332 g/mol. The molecule has 1 aromatic carbocycles. The Morgan fingerprint density at radius 3 is 2.48 bits per heavy atom. The van der Waals surface area contributed by atoms with Crippen molar-refractivity contribution in [3.05, 3.63) is 33.8 Å². The Morgan fingerprint density at radius 1 is 1.29 bits per heavy atom. The van der Waals surface area contributed by atoms with Crippen LogP contribution in [0.5, 0.6) is 0 Å². The largest absolute Gasteiger partial charge is 0.393 e. The molecule has 4 nitrogen and oxygen atoms in total. The lowest BCUT2D eigenvalue weighted by Crippen LogP contribution is -2.44. The summed E-state index contributed by atoms with van der Waals surface area (Å²) in [5.74, 6) is -0.323. The molecule has 1 amide bonds. The molecule has 0 saturated carbocycles. The molecule has 2 N–H and O–H groups in total. The van der Waals surface area contributed by atoms with Crippen LogP contribution >= 0.6 is 23.2 Å². The molecule has 1 aromatic rings. The summed E-state index contributed by atoms with van der Waals surface area (Å²) in [6.07, 6.45) is -0.0301. The molecular weight excluding hydrogens is 313 g/mol. The van der Waals surface area contributed by atoms with Crippen LogP contribution in [0, 0.1) is 5.92 Å². The van der Waals surface area contributed by atoms with E-state index in [0.717, 1.165) is 12.8 Å². The van der Waals surface area contributed by atoms with Crippen molar-refractivity contribution in [2.24, 2.45) is 5.92 Å². The summed E-state index contributed by atoms with van der Waals surface area (Å²) in [7, 11) is 0. The minimum atomic E-state index is -1.28. The van der Waals surface area contributed by atoms with Gasteiger partial charge in [-0.05, 0) is 43.5 Å². The first-order valence-corrected chi connectivity index (χ1v) is 7.75. The zero-order valence-electron chi connectivity index (χ0n) is 11.8. The highest BCUT2D eigenvalue weighted by Gasteiger charge is 2.30. The number of nitrogens with zero attached hydrogens (tertiary/aromatic N) is 1. The van der Waals surface area contributed by atoms with Gasteiger partial charge in [-0.15, -0.1) is 0 Å². The SMILES string of the molecule is C[C@H](O)[C@H]1CCCN(C(=O)[C@H](O)c2cc(Cl)cc(Cl)c2)C1. The van der Waals surface area contributed by atoms with Gasteiger partial charge >= 0.3 is 0 Å². The van der Waals surface area contributed by atoms with Gasteiger partial charge in [-0.3, -0.25) is 4.79 Å². The van der Waals surface area contributed by atoms with Gasteiger partial charge in [-0.2, -0.15) is 0 Å². The topological polar surface area (TPSA) is 60.8 Å². The molecule has 0 aliphatic carbocycles. The van der Waals surface area contributed by atoms with E-state index in [0.29, 0.717) is 28.7 Å². The fraction of sp³-hybridized carbons (Fsp3) is 0.533. The molecule has 2 rings (SSSR count). The van der Waals surface area contributed by atoms with Gasteiger partial charge in [0.1, 0.15) is 0 Å². The third-order valence-electron chi connectivity index (χ3n) is 3.89. The number of aliphatic hydroxyl groups excluding tert-OH is 2. The molecule has 0 bridgehead atoms. The van der Waals surface area contributed by atoms with Crippen molar-refractivity contribution in [3.8, 4) is 0 Å². The summed E-state index contributed by atoms with van der Waals surface area (Å²) in [5.41, 5.74) is 0.386. The maximum atomic E-state index is 12.4. The summed E-state index contributed by atoms with van der Waals surface area (Å²) in [6.45, 7) is 2.78. The van der Waals surface area contributed by atoms with E-state index >= 15 is 0 Å². The van der Waals surface area contributed by atoms with Crippen LogP contribution in [0.4, 0.5) is 0 Å². The standard InChI is InChI=1S/C15H19Cl2NO3/c1-9(19)10-3-2-4-18(8-10)15(21)14(20)11-5-12(16)7-13(17)6-11/h5-7,9-10,14,19-20H,2-4,8H2,1H3/t9-,10-,14+/m0/s1. The first-order valence-electron chi connectivity index (χ1n) is 6.99. The molecule has 116 valence electrons. The van der Waals surface area contributed by atoms with E-state index in [9.17, 15) is 15.0 Å². The van der Waals surface area contributed by atoms with E-state index in [-0.39, 0.29) is 11.8 Å². The van der Waals surface area contributed by atoms with E-state index < -0.39 is 12.2 Å². The van der Waals surface area contributed by atoms with Gasteiger partial charge in [0.2, 0.25) is 0 Å². The van der Waals surface area contributed by atoms with Crippen molar-refractivity contribution in [1.82, 2.24) is 4.90 Å². The number of halogens is 2. The molecule has 6 heteroatoms. The Hall–Kier alpha value is -0.810. The third kappa shape index (κ3) is 4.10. The molecule has 1 fully saturated rings. The smallest absolute Gasteiger partial charge is 0.256 e. The monoisotopic (exact) mass is 331 g/mol. The predicted octanol–water partition coefficient (Wildman–Crippen LogP) is 2.65. The Labute approximate surface area is 134 Å². The van der Waals surface area contributed by atoms with Gasteiger partial charge in [0.05, 0.1) is 6.10 Å². The number of carbonyl (C=O) groups excluding carboxylic acids is 1. The lowest BCUT2D eigenvalue weighted by molar-refractivity contribution is -0.143. The maximum absolute atomic E-state index is 12.4. The number of rotatable bonds is 3. The van der Waals surface area contributed by atoms with Gasteiger partial charge in [0.25, 0.3) is 5.91 Å². The van der Waals surface area contributed by atoms with Crippen molar-refractivity contribution in [3.63, 3.8) is 0 Å². The number of carbonyl (C=O) groups is 1. The number of likely N-dealkylation sites (tertiary alicyclic amines) is 1. The second-order valence-electron chi connectivity index (χ2n) is 5.53. The number of hydrogen-bond acceptors (Lipinski definition) is 3. The number of hydrogen-bond donors (Lipinski definition) is 2. The van der Waals surface area contributed by atoms with Crippen LogP contribution in [0.15, 0.2) is 18.2 Å². The summed E-state index contributed by atoms with van der Waals surface area (Å²) in [4.78, 5) is 14.0. The lowest BCUT2D eigenvalue weighted by atomic mass is 9.93. The van der Waals surface area contributed by atoms with Crippen molar-refractivity contribution in [2.45, 2.75) is 32.0 Å². The Morgan fingerprint density at radius 2 is 1.90 bits per heavy atom. The Balaban J connectivity index is 2.11. The molecule has 1 aliphatic rings. The Kier molecular flexibility index (Phi) is 5.49. The van der Waals surface area contributed by atoms with Gasteiger partial charge in [-0.25, -0.2) is 0 Å². The zero-order chi connectivity index (χ0) is 15.6. The molecule has 1 aliphatic heterocycles. The van der Waals surface area contributed by atoms with Gasteiger partial charge < -0.3 is 15.1 Å². The molecular formula is C15H19Cl2NO3. The highest BCUT2D eigenvalue weighted by atomic mass is 35.5. The number of benzene rings is 1. The summed E-state index contributed by atoms with van der Waals surface area (Å²) in [5, 5.41) is 20.7. The maximum Gasteiger partial charge on any atom is 0.256 e. The number of piperidine rings is 1. The van der Waals surface area contributed by atoms with Gasteiger partial charge in [-0.1, -0.05) is 23.2 Å². The summed E-state index contributed by atoms with van der Waals surface area (Å²) >= 11 is 11.8. The zero-order valence-corrected chi connectivity index (χ0v) is 13.3. The molecule has 0 unspecified atom stereocenters. The minimum Gasteiger partial charge on any atom is -0.393 e. The number of amides is 1. The van der Waals surface area contributed by atoms with Crippen LogP contribution in [0.3, 0.4) is 0 Å². The molecule has 0 spiro atoms. The van der Waals surface area contributed by atoms with Crippen LogP contribution in [-0.2, 0) is 4.79 Å². The molecule has 0 aromatic heterocycles. The molecule has 1 heterocycles. The van der Waals surface area contributed by atoms with E-state index in [1.165, 1.54) is 12.1 Å². The van der Waals surface area contributed by atoms with Crippen molar-refractivity contribution in [1.29, 1.82) is 0 Å². The van der Waals surface area contributed by atoms with Crippen LogP contribution in [0.2, 0.25) is 10.0 Å². The van der Waals surface area contributed by atoms with E-state index in [2.05, 4.69) is 0 Å². The normalized spacial score (nSPS) is 22.0. The van der Waals surface area contributed by atoms with Crippen LogP contribution in [0.1, 0.15) is 31.4 Å². The van der Waals surface area contributed by atoms with Gasteiger partial charge in [0, 0.05) is 29.1 Å². The molecule has 21 heavy (non-hydrogen) atoms. The fourth-order valence-electron chi connectivity index (χ4n) is 2.65. The van der Waals surface area contributed by atoms with Crippen molar-refractivity contribution in [2.75, 3.05) is 13.1 Å². The van der Waals surface area contributed by atoms with E-state index in [1.54, 1.807) is 17.9 Å². The number of aliphatic hydroxyl groups is 2. The average Bonchev–Trinajstić information content (AvgIpc) is 2.44. The molecule has 0 radical (unpaired) electrons. The van der Waals surface area contributed by atoms with Crippen molar-refractivity contribution < 1.29 is 15.0 Å². The Bertz CT molecular complexity index is 501. The molecule has 1 saturated heterocycles. The van der Waals surface area contributed by atoms with Crippen molar-refractivity contribution >= 4 is 29.1 Å². The van der Waals surface area contributed by atoms with Gasteiger partial charge in [0.15, 0.2) is 6.10 Å². The highest BCUT2D eigenvalue weighted by Crippen LogP contribution is 2.27. The first-order chi connectivity index (χ1) is 9.88. The summed E-state index contributed by atoms with van der Waals surface area (Å²) < 4.78 is 0. The second kappa shape index (κ2) is 6.97. The van der Waals surface area contributed by atoms with E-state index in [1.807, 2.05) is 0 Å². The first kappa shape index (κ1) is 16.6. The van der Waals surface area contributed by atoms with Crippen LogP contribution < -0.4 is 0 Å². The van der Waals surface area contributed by atoms with Crippen LogP contribution in [-0.4, -0.2) is 40.2 Å². The lowest BCUT2D eigenvalue weighted by Gasteiger charge is -2.35. The fourth-order valence-corrected chi connectivity index (χ4v) is 3.20. The van der Waals surface area contributed by atoms with Crippen LogP contribution in [0.25, 0.3) is 0 Å². The predicted molar refractivity (Wildman–Crippen MR) is 82.4 cm³/mol.